The van der Waals surface area contributed by atoms with Crippen LogP contribution in [0.1, 0.15) is 47.7 Å². The molecule has 1 N–H and O–H groups in total. The van der Waals surface area contributed by atoms with Crippen LogP contribution in [0.3, 0.4) is 0 Å². The molecule has 0 aliphatic carbocycles. The van der Waals surface area contributed by atoms with Crippen molar-refractivity contribution in [3.63, 3.8) is 0 Å². The monoisotopic (exact) mass is 245 g/mol. The van der Waals surface area contributed by atoms with E-state index in [4.69, 9.17) is 0 Å². The summed E-state index contributed by atoms with van der Waals surface area (Å²) in [6.45, 7) is 8.12. The molecule has 0 amide bonds. The van der Waals surface area contributed by atoms with Crippen LogP contribution in [0.15, 0.2) is 18.2 Å². The lowest BCUT2D eigenvalue weighted by molar-refractivity contribution is 0.0730. The second-order valence-electron chi connectivity index (χ2n) is 5.62. The number of carbonyl (C=O) groups is 1. The molecule has 1 unspecified atom stereocenters. The molecule has 2 heteroatoms. The number of aryl methyl sites for hydroxylation is 2. The molecule has 98 valence electrons. The largest absolute Gasteiger partial charge is 0.316 e. The Hall–Kier alpha value is -1.15. The van der Waals surface area contributed by atoms with Crippen LogP contribution >= 0.6 is 0 Å². The third kappa shape index (κ3) is 2.49. The van der Waals surface area contributed by atoms with E-state index in [1.54, 1.807) is 0 Å². The minimum absolute atomic E-state index is 0.182. The quantitative estimate of drug-likeness (QED) is 0.828. The second kappa shape index (κ2) is 5.23. The molecule has 1 saturated heterocycles. The van der Waals surface area contributed by atoms with Gasteiger partial charge in [-0.15, -0.1) is 0 Å². The molecule has 2 rings (SSSR count). The van der Waals surface area contributed by atoms with Crippen molar-refractivity contribution in [1.29, 1.82) is 0 Å². The Balaban J connectivity index is 2.33. The number of Topliss-reactive ketones (excluding diaryl/α,β-unsaturated/α-hetero) is 1. The molecule has 0 bridgehead atoms. The Morgan fingerprint density at radius 3 is 2.44 bits per heavy atom. The van der Waals surface area contributed by atoms with Gasteiger partial charge in [0.15, 0.2) is 5.78 Å². The van der Waals surface area contributed by atoms with E-state index in [9.17, 15) is 4.79 Å². The van der Waals surface area contributed by atoms with Gasteiger partial charge >= 0.3 is 0 Å². The third-order valence-electron chi connectivity index (χ3n) is 4.11. The van der Waals surface area contributed by atoms with Gasteiger partial charge in [-0.3, -0.25) is 4.79 Å². The van der Waals surface area contributed by atoms with Crippen LogP contribution in [0.2, 0.25) is 0 Å². The fourth-order valence-corrected chi connectivity index (χ4v) is 3.04. The highest BCUT2D eigenvalue weighted by Gasteiger charge is 2.38. The zero-order valence-electron chi connectivity index (χ0n) is 11.7. The van der Waals surface area contributed by atoms with E-state index >= 15 is 0 Å². The molecule has 1 aliphatic rings. The van der Waals surface area contributed by atoms with Crippen LogP contribution in [-0.2, 0) is 0 Å². The Kier molecular flexibility index (Phi) is 3.86. The Bertz CT molecular complexity index is 424. The first-order valence-electron chi connectivity index (χ1n) is 6.91. The fraction of sp³-hybridized carbons (Fsp3) is 0.562. The van der Waals surface area contributed by atoms with Gasteiger partial charge in [-0.1, -0.05) is 24.1 Å². The predicted molar refractivity (Wildman–Crippen MR) is 75.1 cm³/mol. The van der Waals surface area contributed by atoms with Crippen molar-refractivity contribution in [2.45, 2.75) is 40.0 Å². The fourth-order valence-electron chi connectivity index (χ4n) is 3.04. The number of carbonyl (C=O) groups excluding carboxylic acids is 1. The molecule has 0 saturated carbocycles. The van der Waals surface area contributed by atoms with Crippen molar-refractivity contribution in [2.24, 2.45) is 5.41 Å². The van der Waals surface area contributed by atoms with E-state index in [0.717, 1.165) is 37.9 Å². The molecule has 0 radical (unpaired) electrons. The first kappa shape index (κ1) is 13.3. The summed E-state index contributed by atoms with van der Waals surface area (Å²) < 4.78 is 0. The first-order chi connectivity index (χ1) is 8.57. The summed E-state index contributed by atoms with van der Waals surface area (Å²) in [6, 6.07) is 6.18. The zero-order valence-corrected chi connectivity index (χ0v) is 11.7. The van der Waals surface area contributed by atoms with Gasteiger partial charge in [0.05, 0.1) is 0 Å². The molecule has 1 aromatic carbocycles. The number of ketones is 1. The first-order valence-corrected chi connectivity index (χ1v) is 6.91. The van der Waals surface area contributed by atoms with E-state index in [2.05, 4.69) is 32.2 Å². The number of hydrogen-bond acceptors (Lipinski definition) is 2. The molecule has 0 spiro atoms. The lowest BCUT2D eigenvalue weighted by Crippen LogP contribution is -2.45. The summed E-state index contributed by atoms with van der Waals surface area (Å²) in [5.74, 6) is 0.323. The molecule has 0 aromatic heterocycles. The molecule has 1 atom stereocenters. The smallest absolute Gasteiger partial charge is 0.170 e. The Morgan fingerprint density at radius 2 is 1.94 bits per heavy atom. The van der Waals surface area contributed by atoms with Crippen LogP contribution in [0, 0.1) is 19.3 Å². The van der Waals surface area contributed by atoms with Crippen LogP contribution in [0.4, 0.5) is 0 Å². The third-order valence-corrected chi connectivity index (χ3v) is 4.11. The maximum atomic E-state index is 12.8. The Morgan fingerprint density at radius 1 is 1.28 bits per heavy atom. The second-order valence-corrected chi connectivity index (χ2v) is 5.62. The van der Waals surface area contributed by atoms with Crippen molar-refractivity contribution in [2.75, 3.05) is 13.1 Å². The van der Waals surface area contributed by atoms with Gasteiger partial charge in [0.2, 0.25) is 0 Å². The molecule has 1 fully saturated rings. The maximum absolute atomic E-state index is 12.8. The van der Waals surface area contributed by atoms with E-state index in [1.165, 1.54) is 11.1 Å². The Labute approximate surface area is 110 Å². The van der Waals surface area contributed by atoms with Crippen molar-refractivity contribution < 1.29 is 4.79 Å². The van der Waals surface area contributed by atoms with Crippen LogP contribution in [-0.4, -0.2) is 18.9 Å². The standard InChI is InChI=1S/C16H23NO/c1-4-16(6-5-7-17-11-16)15(18)14-9-12(2)8-13(3)10-14/h8-10,17H,4-7,11H2,1-3H3. The minimum atomic E-state index is -0.182. The highest BCUT2D eigenvalue weighted by atomic mass is 16.1. The number of hydrogen-bond donors (Lipinski definition) is 1. The van der Waals surface area contributed by atoms with Gasteiger partial charge in [0.25, 0.3) is 0 Å². The average molecular weight is 245 g/mol. The van der Waals surface area contributed by atoms with Gasteiger partial charge < -0.3 is 5.32 Å². The van der Waals surface area contributed by atoms with Crippen LogP contribution in [0.25, 0.3) is 0 Å². The number of benzene rings is 1. The van der Waals surface area contributed by atoms with Crippen molar-refractivity contribution in [3.05, 3.63) is 34.9 Å². The highest BCUT2D eigenvalue weighted by Crippen LogP contribution is 2.34. The van der Waals surface area contributed by atoms with Crippen molar-refractivity contribution >= 4 is 5.78 Å². The van der Waals surface area contributed by atoms with Gasteiger partial charge in [-0.25, -0.2) is 0 Å². The molecule has 1 aliphatic heterocycles. The maximum Gasteiger partial charge on any atom is 0.170 e. The predicted octanol–water partition coefficient (Wildman–Crippen LogP) is 3.27. The van der Waals surface area contributed by atoms with E-state index < -0.39 is 0 Å². The molecular weight excluding hydrogens is 222 g/mol. The molecule has 2 nitrogen and oxygen atoms in total. The lowest BCUT2D eigenvalue weighted by Gasteiger charge is -2.35. The average Bonchev–Trinajstić information content (AvgIpc) is 2.37. The summed E-state index contributed by atoms with van der Waals surface area (Å²) in [5, 5.41) is 3.39. The molecule has 1 heterocycles. The van der Waals surface area contributed by atoms with E-state index in [-0.39, 0.29) is 5.41 Å². The van der Waals surface area contributed by atoms with Crippen LogP contribution < -0.4 is 5.32 Å². The van der Waals surface area contributed by atoms with Gasteiger partial charge in [0, 0.05) is 17.5 Å². The van der Waals surface area contributed by atoms with Gasteiger partial charge in [0.1, 0.15) is 0 Å². The molecule has 18 heavy (non-hydrogen) atoms. The topological polar surface area (TPSA) is 29.1 Å². The summed E-state index contributed by atoms with van der Waals surface area (Å²) in [6.07, 6.45) is 3.04. The van der Waals surface area contributed by atoms with Crippen molar-refractivity contribution in [3.8, 4) is 0 Å². The minimum Gasteiger partial charge on any atom is -0.316 e. The summed E-state index contributed by atoms with van der Waals surface area (Å²) in [7, 11) is 0. The van der Waals surface area contributed by atoms with Crippen LogP contribution in [0.5, 0.6) is 0 Å². The number of nitrogens with one attached hydrogen (secondary N) is 1. The SMILES string of the molecule is CCC1(C(=O)c2cc(C)cc(C)c2)CCCNC1. The number of piperidine rings is 1. The zero-order chi connectivity index (χ0) is 13.2. The van der Waals surface area contributed by atoms with E-state index in [1.807, 2.05) is 12.1 Å². The number of rotatable bonds is 3. The van der Waals surface area contributed by atoms with E-state index in [0.29, 0.717) is 5.78 Å². The summed E-state index contributed by atoms with van der Waals surface area (Å²) in [5.41, 5.74) is 3.05. The normalized spacial score (nSPS) is 23.9. The van der Waals surface area contributed by atoms with Crippen molar-refractivity contribution in [1.82, 2.24) is 5.32 Å². The highest BCUT2D eigenvalue weighted by molar-refractivity contribution is 6.01. The summed E-state index contributed by atoms with van der Waals surface area (Å²) in [4.78, 5) is 12.8. The van der Waals surface area contributed by atoms with Gasteiger partial charge in [-0.2, -0.15) is 0 Å². The molecule has 1 aromatic rings. The molecular formula is C16H23NO. The summed E-state index contributed by atoms with van der Waals surface area (Å²) >= 11 is 0. The van der Waals surface area contributed by atoms with Gasteiger partial charge in [-0.05, 0) is 51.8 Å². The lowest BCUT2D eigenvalue weighted by atomic mass is 9.72.